The number of aromatic nitrogens is 3. The number of hydrogen-bond acceptors (Lipinski definition) is 6. The van der Waals surface area contributed by atoms with Crippen molar-refractivity contribution >= 4 is 11.6 Å². The topological polar surface area (TPSA) is 87.5 Å². The van der Waals surface area contributed by atoms with E-state index < -0.39 is 5.92 Å². The zero-order valence-electron chi connectivity index (χ0n) is 20.6. The molecule has 38 heavy (non-hydrogen) atoms. The summed E-state index contributed by atoms with van der Waals surface area (Å²) in [4.78, 5) is 18.0. The van der Waals surface area contributed by atoms with Gasteiger partial charge in [-0.2, -0.15) is 4.98 Å². The normalized spacial score (nSPS) is 11.9. The van der Waals surface area contributed by atoms with Crippen LogP contribution >= 0.6 is 0 Å². The van der Waals surface area contributed by atoms with Crippen molar-refractivity contribution in [1.82, 2.24) is 14.8 Å². The van der Waals surface area contributed by atoms with Gasteiger partial charge in [0.25, 0.3) is 0 Å². The monoisotopic (exact) mass is 504 g/mol. The summed E-state index contributed by atoms with van der Waals surface area (Å²) in [6.45, 7) is 0.192. The standard InChI is InChI=1S/C30H24N4O4/c1-36-30-32-28(22-12-17-25-26(18-22)38-19-37-25)34(33-30)24-15-13-23(14-16-24)31-29(35)27(20-8-4-2-5-9-20)21-10-6-3-7-11-21/h2-18,27H,19H2,1H3,(H,31,35). The lowest BCUT2D eigenvalue weighted by Crippen LogP contribution is -2.22. The van der Waals surface area contributed by atoms with Gasteiger partial charge in [-0.25, -0.2) is 4.68 Å². The van der Waals surface area contributed by atoms with Gasteiger partial charge in [0.1, 0.15) is 0 Å². The summed E-state index contributed by atoms with van der Waals surface area (Å²) in [6, 6.07) is 32.8. The number of carbonyl (C=O) groups excluding carboxylic acids is 1. The van der Waals surface area contributed by atoms with E-state index >= 15 is 0 Å². The first kappa shape index (κ1) is 23.3. The number of nitrogens with one attached hydrogen (secondary N) is 1. The molecule has 2 heterocycles. The van der Waals surface area contributed by atoms with Gasteiger partial charge in [-0.15, -0.1) is 5.10 Å². The lowest BCUT2D eigenvalue weighted by molar-refractivity contribution is -0.116. The van der Waals surface area contributed by atoms with Crippen molar-refractivity contribution in [2.75, 3.05) is 19.2 Å². The van der Waals surface area contributed by atoms with Crippen LogP contribution < -0.4 is 19.5 Å². The molecule has 1 aliphatic rings. The van der Waals surface area contributed by atoms with E-state index in [1.807, 2.05) is 103 Å². The van der Waals surface area contributed by atoms with Crippen LogP contribution in [0.1, 0.15) is 17.0 Å². The van der Waals surface area contributed by atoms with Gasteiger partial charge in [-0.05, 0) is 53.6 Å². The predicted octanol–water partition coefficient (Wildman–Crippen LogP) is 5.44. The van der Waals surface area contributed by atoms with E-state index in [0.717, 1.165) is 22.4 Å². The Morgan fingerprint density at radius 2 is 1.53 bits per heavy atom. The quantitative estimate of drug-likeness (QED) is 0.318. The molecule has 0 fully saturated rings. The Morgan fingerprint density at radius 1 is 0.868 bits per heavy atom. The Kier molecular flexibility index (Phi) is 6.19. The van der Waals surface area contributed by atoms with E-state index in [1.54, 1.807) is 4.68 Å². The second-order valence-corrected chi connectivity index (χ2v) is 8.69. The molecule has 0 spiro atoms. The van der Waals surface area contributed by atoms with Crippen LogP contribution in [0.3, 0.4) is 0 Å². The fourth-order valence-electron chi connectivity index (χ4n) is 4.47. The minimum Gasteiger partial charge on any atom is -0.466 e. The maximum atomic E-state index is 13.5. The van der Waals surface area contributed by atoms with Crippen LogP contribution in [0.2, 0.25) is 0 Å². The van der Waals surface area contributed by atoms with E-state index in [2.05, 4.69) is 15.4 Å². The first-order chi connectivity index (χ1) is 18.7. The highest BCUT2D eigenvalue weighted by atomic mass is 16.7. The van der Waals surface area contributed by atoms with Gasteiger partial charge in [-0.3, -0.25) is 4.79 Å². The maximum absolute atomic E-state index is 13.5. The molecule has 1 N–H and O–H groups in total. The molecule has 6 rings (SSSR count). The smallest absolute Gasteiger partial charge is 0.336 e. The van der Waals surface area contributed by atoms with Crippen molar-refractivity contribution < 1.29 is 19.0 Å². The Morgan fingerprint density at radius 3 is 2.18 bits per heavy atom. The van der Waals surface area contributed by atoms with E-state index in [9.17, 15) is 4.79 Å². The van der Waals surface area contributed by atoms with Crippen LogP contribution in [0.15, 0.2) is 103 Å². The first-order valence-electron chi connectivity index (χ1n) is 12.1. The molecule has 0 aliphatic carbocycles. The number of fused-ring (bicyclic) bond motifs is 1. The summed E-state index contributed by atoms with van der Waals surface area (Å²) in [7, 11) is 1.53. The van der Waals surface area contributed by atoms with Crippen molar-refractivity contribution in [3.8, 4) is 34.6 Å². The summed E-state index contributed by atoms with van der Waals surface area (Å²) in [5, 5.41) is 7.56. The molecule has 0 bridgehead atoms. The first-order valence-corrected chi connectivity index (χ1v) is 12.1. The molecular formula is C30H24N4O4. The fourth-order valence-corrected chi connectivity index (χ4v) is 4.47. The van der Waals surface area contributed by atoms with E-state index in [-0.39, 0.29) is 18.7 Å². The summed E-state index contributed by atoms with van der Waals surface area (Å²) >= 11 is 0. The van der Waals surface area contributed by atoms with Gasteiger partial charge in [0.05, 0.1) is 18.7 Å². The number of amides is 1. The Labute approximate surface area is 219 Å². The van der Waals surface area contributed by atoms with Crippen LogP contribution in [-0.4, -0.2) is 34.6 Å². The lowest BCUT2D eigenvalue weighted by Gasteiger charge is -2.18. The summed E-state index contributed by atoms with van der Waals surface area (Å²) in [5.74, 6) is 1.38. The summed E-state index contributed by atoms with van der Waals surface area (Å²) in [5.41, 5.74) is 4.09. The van der Waals surface area contributed by atoms with E-state index in [1.165, 1.54) is 7.11 Å². The SMILES string of the molecule is COc1nc(-c2ccc3c(c2)OCO3)n(-c2ccc(NC(=O)C(c3ccccc3)c3ccccc3)cc2)n1. The largest absolute Gasteiger partial charge is 0.466 e. The van der Waals surface area contributed by atoms with E-state index in [0.29, 0.717) is 23.0 Å². The average Bonchev–Trinajstić information content (AvgIpc) is 3.62. The third kappa shape index (κ3) is 4.55. The molecular weight excluding hydrogens is 480 g/mol. The van der Waals surface area contributed by atoms with Crippen LogP contribution in [0.4, 0.5) is 5.69 Å². The van der Waals surface area contributed by atoms with Crippen molar-refractivity contribution in [3.05, 3.63) is 114 Å². The molecule has 1 amide bonds. The van der Waals surface area contributed by atoms with Crippen molar-refractivity contribution in [3.63, 3.8) is 0 Å². The minimum atomic E-state index is -0.436. The molecule has 0 atom stereocenters. The van der Waals surface area contributed by atoms with Crippen LogP contribution in [0.25, 0.3) is 17.1 Å². The second kappa shape index (κ2) is 10.1. The molecule has 0 saturated heterocycles. The molecule has 0 unspecified atom stereocenters. The third-order valence-electron chi connectivity index (χ3n) is 6.31. The zero-order valence-corrected chi connectivity index (χ0v) is 20.6. The van der Waals surface area contributed by atoms with Crippen LogP contribution in [-0.2, 0) is 4.79 Å². The zero-order chi connectivity index (χ0) is 25.9. The van der Waals surface area contributed by atoms with Gasteiger partial charge >= 0.3 is 6.01 Å². The van der Waals surface area contributed by atoms with Crippen molar-refractivity contribution in [2.24, 2.45) is 0 Å². The average molecular weight is 505 g/mol. The Hall–Kier alpha value is -5.11. The molecule has 1 aromatic heterocycles. The number of methoxy groups -OCH3 is 1. The molecule has 4 aromatic carbocycles. The molecule has 0 saturated carbocycles. The highest BCUT2D eigenvalue weighted by Gasteiger charge is 2.23. The Balaban J connectivity index is 1.28. The van der Waals surface area contributed by atoms with Crippen LogP contribution in [0.5, 0.6) is 17.5 Å². The van der Waals surface area contributed by atoms with E-state index in [4.69, 9.17) is 14.2 Å². The molecule has 5 aromatic rings. The predicted molar refractivity (Wildman–Crippen MR) is 143 cm³/mol. The van der Waals surface area contributed by atoms with Gasteiger partial charge in [-0.1, -0.05) is 60.7 Å². The Bertz CT molecular complexity index is 1530. The van der Waals surface area contributed by atoms with Crippen molar-refractivity contribution in [2.45, 2.75) is 5.92 Å². The number of ether oxygens (including phenoxy) is 3. The van der Waals surface area contributed by atoms with Gasteiger partial charge in [0.2, 0.25) is 12.7 Å². The van der Waals surface area contributed by atoms with Crippen molar-refractivity contribution in [1.29, 1.82) is 0 Å². The molecule has 188 valence electrons. The molecule has 8 heteroatoms. The number of carbonyl (C=O) groups is 1. The summed E-state index contributed by atoms with van der Waals surface area (Å²) < 4.78 is 17.9. The minimum absolute atomic E-state index is 0.112. The van der Waals surface area contributed by atoms with Gasteiger partial charge in [0, 0.05) is 11.3 Å². The molecule has 0 radical (unpaired) electrons. The number of anilines is 1. The number of rotatable bonds is 7. The highest BCUT2D eigenvalue weighted by Crippen LogP contribution is 2.36. The third-order valence-corrected chi connectivity index (χ3v) is 6.31. The molecule has 8 nitrogen and oxygen atoms in total. The van der Waals surface area contributed by atoms with Crippen LogP contribution in [0, 0.1) is 0 Å². The molecule has 1 aliphatic heterocycles. The van der Waals surface area contributed by atoms with Gasteiger partial charge < -0.3 is 19.5 Å². The second-order valence-electron chi connectivity index (χ2n) is 8.69. The van der Waals surface area contributed by atoms with Gasteiger partial charge in [0.15, 0.2) is 17.3 Å². The lowest BCUT2D eigenvalue weighted by atomic mass is 9.90. The number of hydrogen-bond donors (Lipinski definition) is 1. The maximum Gasteiger partial charge on any atom is 0.336 e. The highest BCUT2D eigenvalue weighted by molar-refractivity contribution is 5.98. The fraction of sp³-hybridized carbons (Fsp3) is 0.100. The summed E-state index contributed by atoms with van der Waals surface area (Å²) in [6.07, 6.45) is 0. The number of benzene rings is 4. The number of nitrogens with zero attached hydrogens (tertiary/aromatic N) is 3.